The van der Waals surface area contributed by atoms with E-state index in [4.69, 9.17) is 27.7 Å². The van der Waals surface area contributed by atoms with Crippen molar-refractivity contribution in [1.82, 2.24) is 5.32 Å². The molecule has 0 rings (SSSR count). The van der Waals surface area contributed by atoms with Gasteiger partial charge in [0.25, 0.3) is 0 Å². The summed E-state index contributed by atoms with van der Waals surface area (Å²) in [5, 5.41) is 20.3. The number of carbonyl (C=O) groups is 1. The van der Waals surface area contributed by atoms with Gasteiger partial charge in [0.2, 0.25) is 0 Å². The van der Waals surface area contributed by atoms with Gasteiger partial charge in [-0.2, -0.15) is 8.42 Å². The molecule has 32 heavy (non-hydrogen) atoms. The average Bonchev–Trinajstić information content (AvgIpc) is 2.70. The van der Waals surface area contributed by atoms with E-state index in [-0.39, 0.29) is 0 Å². The van der Waals surface area contributed by atoms with E-state index < -0.39 is 22.1 Å². The first-order valence-corrected chi connectivity index (χ1v) is 13.3. The van der Waals surface area contributed by atoms with Crippen LogP contribution in [0.15, 0.2) is 12.2 Å². The standard InChI is InChI=1S/C18H34O2.C5H13NO.H2O4S/c1-2-3-4-5-6-7-8-9-10-11-12-13-14-15-16-17-18(19)20;1-4-5(2,7)6-3;1-5(2,3)4/h9-10H,2-8,11-17H2,1H3,(H,19,20);6-7H,4H2,1-3H3;(H2,1,2,3,4)/b10-9-;;. The zero-order chi connectivity index (χ0) is 25.3. The van der Waals surface area contributed by atoms with Crippen molar-refractivity contribution in [1.29, 1.82) is 0 Å². The quantitative estimate of drug-likeness (QED) is 0.0757. The number of nitrogens with one attached hydrogen (secondary N) is 1. The van der Waals surface area contributed by atoms with E-state index in [9.17, 15) is 4.79 Å². The fraction of sp³-hybridized carbons (Fsp3) is 0.870. The predicted molar refractivity (Wildman–Crippen MR) is 131 cm³/mol. The smallest absolute Gasteiger partial charge is 0.394 e. The topological polar surface area (TPSA) is 144 Å². The summed E-state index contributed by atoms with van der Waals surface area (Å²) in [6.45, 7) is 5.93. The highest BCUT2D eigenvalue weighted by molar-refractivity contribution is 7.79. The highest BCUT2D eigenvalue weighted by atomic mass is 32.3. The van der Waals surface area contributed by atoms with Gasteiger partial charge in [-0.1, -0.05) is 77.4 Å². The number of rotatable bonds is 17. The minimum absolute atomic E-state index is 0.332. The van der Waals surface area contributed by atoms with Crippen molar-refractivity contribution < 1.29 is 32.5 Å². The first-order chi connectivity index (χ1) is 14.9. The third-order valence-electron chi connectivity index (χ3n) is 4.88. The summed E-state index contributed by atoms with van der Waals surface area (Å²) in [5.41, 5.74) is -0.667. The lowest BCUT2D eigenvalue weighted by Crippen LogP contribution is -2.38. The van der Waals surface area contributed by atoms with Gasteiger partial charge in [-0.25, -0.2) is 0 Å². The van der Waals surface area contributed by atoms with Crippen LogP contribution in [0.1, 0.15) is 117 Å². The van der Waals surface area contributed by atoms with Crippen LogP contribution in [0, 0.1) is 0 Å². The first-order valence-electron chi connectivity index (χ1n) is 11.9. The number of carboxylic acid groups (broad SMARTS) is 1. The molecule has 0 bridgehead atoms. The number of carboxylic acids is 1. The zero-order valence-electron chi connectivity index (χ0n) is 20.7. The van der Waals surface area contributed by atoms with E-state index >= 15 is 0 Å². The Bertz CT molecular complexity index is 520. The SMILES string of the molecule is CCC(C)(O)NC.CCCCCCCC/C=C\CCCCCCCC(=O)O.O=S(=O)(O)O. The summed E-state index contributed by atoms with van der Waals surface area (Å²) in [6.07, 6.45) is 22.0. The van der Waals surface area contributed by atoms with E-state index in [0.29, 0.717) is 6.42 Å². The van der Waals surface area contributed by atoms with Crippen LogP contribution in [0.3, 0.4) is 0 Å². The van der Waals surface area contributed by atoms with Gasteiger partial charge in [0, 0.05) is 6.42 Å². The molecule has 1 unspecified atom stereocenters. The van der Waals surface area contributed by atoms with Crippen molar-refractivity contribution >= 4 is 16.4 Å². The van der Waals surface area contributed by atoms with Crippen molar-refractivity contribution in [2.45, 2.75) is 123 Å². The molecule has 5 N–H and O–H groups in total. The first kappa shape index (κ1) is 35.6. The maximum Gasteiger partial charge on any atom is 0.394 e. The Morgan fingerprint density at radius 3 is 1.53 bits per heavy atom. The van der Waals surface area contributed by atoms with Crippen molar-refractivity contribution in [3.8, 4) is 0 Å². The van der Waals surface area contributed by atoms with E-state index in [1.165, 1.54) is 70.6 Å². The van der Waals surface area contributed by atoms with Crippen LogP contribution in [0.25, 0.3) is 0 Å². The summed E-state index contributed by atoms with van der Waals surface area (Å²) in [6, 6.07) is 0. The van der Waals surface area contributed by atoms with Crippen LogP contribution in [-0.2, 0) is 15.2 Å². The van der Waals surface area contributed by atoms with Gasteiger partial charge in [-0.05, 0) is 52.5 Å². The maximum atomic E-state index is 10.3. The summed E-state index contributed by atoms with van der Waals surface area (Å²) in [5.74, 6) is -0.664. The molecule has 0 aromatic heterocycles. The molecule has 0 fully saturated rings. The molecule has 0 amide bonds. The highest BCUT2D eigenvalue weighted by Gasteiger charge is 2.11. The van der Waals surface area contributed by atoms with Crippen LogP contribution >= 0.6 is 0 Å². The summed E-state index contributed by atoms with van der Waals surface area (Å²) in [7, 11) is -2.93. The van der Waals surface area contributed by atoms with Crippen LogP contribution in [-0.4, -0.2) is 46.5 Å². The second kappa shape index (κ2) is 24.6. The Hall–Kier alpha value is -1.00. The van der Waals surface area contributed by atoms with E-state index in [0.717, 1.165) is 19.3 Å². The number of aliphatic hydroxyl groups is 1. The number of allylic oxidation sites excluding steroid dienone is 2. The Balaban J connectivity index is -0.000000572. The third-order valence-corrected chi connectivity index (χ3v) is 4.88. The van der Waals surface area contributed by atoms with Gasteiger partial charge in [-0.3, -0.25) is 19.2 Å². The Labute approximate surface area is 196 Å². The Morgan fingerprint density at radius 1 is 0.844 bits per heavy atom. The van der Waals surface area contributed by atoms with Gasteiger partial charge >= 0.3 is 16.4 Å². The van der Waals surface area contributed by atoms with Crippen molar-refractivity contribution in [3.63, 3.8) is 0 Å². The molecule has 1 atom stereocenters. The molecule has 9 heteroatoms. The summed E-state index contributed by atoms with van der Waals surface area (Å²) in [4.78, 5) is 10.3. The Morgan fingerprint density at radius 2 is 1.22 bits per heavy atom. The van der Waals surface area contributed by atoms with Crippen molar-refractivity contribution in [2.75, 3.05) is 7.05 Å². The molecule has 0 aliphatic carbocycles. The molecule has 8 nitrogen and oxygen atoms in total. The molecule has 0 radical (unpaired) electrons. The molecule has 0 saturated carbocycles. The van der Waals surface area contributed by atoms with Gasteiger partial charge in [0.05, 0.1) is 0 Å². The number of aliphatic carboxylic acids is 1. The summed E-state index contributed by atoms with van der Waals surface area (Å²) < 4.78 is 31.6. The fourth-order valence-corrected chi connectivity index (χ4v) is 2.52. The molecule has 0 heterocycles. The van der Waals surface area contributed by atoms with Gasteiger partial charge in [0.1, 0.15) is 5.72 Å². The second-order valence-electron chi connectivity index (χ2n) is 8.05. The third kappa shape index (κ3) is 47.0. The lowest BCUT2D eigenvalue weighted by atomic mass is 10.1. The summed E-state index contributed by atoms with van der Waals surface area (Å²) >= 11 is 0. The van der Waals surface area contributed by atoms with Gasteiger partial charge in [0.15, 0.2) is 0 Å². The van der Waals surface area contributed by atoms with Crippen LogP contribution in [0.4, 0.5) is 0 Å². The fourth-order valence-electron chi connectivity index (χ4n) is 2.52. The Kier molecular flexibility index (Phi) is 27.4. The number of hydrogen-bond donors (Lipinski definition) is 5. The number of unbranched alkanes of at least 4 members (excludes halogenated alkanes) is 11. The minimum Gasteiger partial charge on any atom is -0.481 e. The molecule has 0 saturated heterocycles. The largest absolute Gasteiger partial charge is 0.481 e. The highest BCUT2D eigenvalue weighted by Crippen LogP contribution is 2.09. The van der Waals surface area contributed by atoms with Crippen LogP contribution in [0.2, 0.25) is 0 Å². The molecule has 194 valence electrons. The van der Waals surface area contributed by atoms with Gasteiger partial charge < -0.3 is 10.2 Å². The molecular formula is C23H49NO7S. The molecule has 0 aliphatic heterocycles. The molecule has 0 aliphatic rings. The van der Waals surface area contributed by atoms with Crippen molar-refractivity contribution in [3.05, 3.63) is 12.2 Å². The van der Waals surface area contributed by atoms with E-state index in [1.807, 2.05) is 6.92 Å². The monoisotopic (exact) mass is 483 g/mol. The molecular weight excluding hydrogens is 434 g/mol. The van der Waals surface area contributed by atoms with Crippen LogP contribution in [0.5, 0.6) is 0 Å². The zero-order valence-corrected chi connectivity index (χ0v) is 21.5. The molecule has 0 aromatic rings. The predicted octanol–water partition coefficient (Wildman–Crippen LogP) is 5.78. The molecule has 0 spiro atoms. The van der Waals surface area contributed by atoms with Crippen molar-refractivity contribution in [2.24, 2.45) is 0 Å². The number of hydrogen-bond acceptors (Lipinski definition) is 5. The lowest BCUT2D eigenvalue weighted by molar-refractivity contribution is -0.137. The lowest BCUT2D eigenvalue weighted by Gasteiger charge is -2.19. The van der Waals surface area contributed by atoms with Gasteiger partial charge in [-0.15, -0.1) is 0 Å². The average molecular weight is 484 g/mol. The van der Waals surface area contributed by atoms with E-state index in [1.54, 1.807) is 14.0 Å². The minimum atomic E-state index is -4.67. The maximum absolute atomic E-state index is 10.3. The molecule has 0 aromatic carbocycles. The second-order valence-corrected chi connectivity index (χ2v) is 8.95. The normalized spacial score (nSPS) is 13.0. The van der Waals surface area contributed by atoms with Crippen LogP contribution < -0.4 is 5.32 Å². The van der Waals surface area contributed by atoms with E-state index in [2.05, 4.69) is 24.4 Å².